The molecule has 282 valence electrons. The number of imide groups is 2. The number of hydrogen-bond donors (Lipinski definition) is 2. The van der Waals surface area contributed by atoms with Gasteiger partial charge in [-0.25, -0.2) is 4.85 Å². The fraction of sp³-hybridized carbons (Fsp3) is 0.390. The number of amides is 6. The van der Waals surface area contributed by atoms with Crippen molar-refractivity contribution in [2.24, 2.45) is 10.8 Å². The Kier molecular flexibility index (Phi) is 8.62. The minimum absolute atomic E-state index is 0.0467. The summed E-state index contributed by atoms with van der Waals surface area (Å²) in [4.78, 5) is 85.9. The topological polar surface area (TPSA) is 150 Å². The third kappa shape index (κ3) is 6.04. The van der Waals surface area contributed by atoms with E-state index in [1.54, 1.807) is 35.2 Å². The standard InChI is InChI=1S/C41H39ClN6O7/c1-40(2)38(41(3,4)39(40)55-26-8-9-30(43-5)29(42)15-26)45-34(51)21-6-7-22-16-46(17-23(22)12-21)20-33(50)47-18-24-13-27-28(14-25(24)19-47)37(54)48(36(27)53)31-10-11-32(49)44-35(31)52/h6-9,12-15,31,38-39H,10-11,16-20H2,1-4H3,(H,45,51)(H,44,49,52). The SMILES string of the molecule is [C-]#[N+]c1ccc(OC2C(C)(C)C(NC(=O)c3ccc4c(c3)CN(CC(=O)N3Cc5cc6c(cc5C3)C(=O)N(C3CCC(=O)NC3=O)C6=O)C4)C2(C)C)cc1Cl. The highest BCUT2D eigenvalue weighted by atomic mass is 35.5. The van der Waals surface area contributed by atoms with Crippen LogP contribution in [0.25, 0.3) is 4.85 Å². The fourth-order valence-electron chi connectivity index (χ4n) is 9.36. The van der Waals surface area contributed by atoms with Crippen LogP contribution in [0.2, 0.25) is 5.02 Å². The summed E-state index contributed by atoms with van der Waals surface area (Å²) in [5.74, 6) is -1.95. The molecular weight excluding hydrogens is 724 g/mol. The second-order valence-corrected chi connectivity index (χ2v) is 16.7. The maximum Gasteiger partial charge on any atom is 0.262 e. The van der Waals surface area contributed by atoms with E-state index in [4.69, 9.17) is 22.9 Å². The fourth-order valence-corrected chi connectivity index (χ4v) is 9.57. The molecule has 13 nitrogen and oxygen atoms in total. The molecule has 14 heteroatoms. The molecule has 0 aromatic heterocycles. The van der Waals surface area contributed by atoms with Crippen molar-refractivity contribution < 1.29 is 33.5 Å². The van der Waals surface area contributed by atoms with Crippen molar-refractivity contribution in [3.05, 3.63) is 104 Å². The lowest BCUT2D eigenvalue weighted by atomic mass is 9.49. The summed E-state index contributed by atoms with van der Waals surface area (Å²) in [6.07, 6.45) is -0.0955. The monoisotopic (exact) mass is 762 g/mol. The molecule has 3 aromatic rings. The second kappa shape index (κ2) is 13.0. The molecule has 0 spiro atoms. The van der Waals surface area contributed by atoms with E-state index >= 15 is 0 Å². The first kappa shape index (κ1) is 36.4. The first-order chi connectivity index (χ1) is 26.1. The number of carbonyl (C=O) groups is 6. The van der Waals surface area contributed by atoms with E-state index in [0.29, 0.717) is 35.1 Å². The van der Waals surface area contributed by atoms with E-state index in [9.17, 15) is 28.8 Å². The molecule has 2 fully saturated rings. The highest BCUT2D eigenvalue weighted by Crippen LogP contribution is 2.55. The molecule has 8 rings (SSSR count). The van der Waals surface area contributed by atoms with Crippen LogP contribution in [0.3, 0.4) is 0 Å². The number of nitrogens with one attached hydrogen (secondary N) is 2. The average Bonchev–Trinajstić information content (AvgIpc) is 3.81. The average molecular weight is 763 g/mol. The van der Waals surface area contributed by atoms with Crippen molar-refractivity contribution in [3.8, 4) is 5.75 Å². The van der Waals surface area contributed by atoms with Crippen LogP contribution in [0.1, 0.15) is 93.9 Å². The molecule has 3 aromatic carbocycles. The molecule has 1 aliphatic carbocycles. The molecule has 4 heterocycles. The van der Waals surface area contributed by atoms with Gasteiger partial charge in [0.15, 0.2) is 0 Å². The van der Waals surface area contributed by atoms with Crippen molar-refractivity contribution in [2.75, 3.05) is 6.54 Å². The van der Waals surface area contributed by atoms with Crippen molar-refractivity contribution >= 4 is 52.7 Å². The van der Waals surface area contributed by atoms with Gasteiger partial charge in [0.2, 0.25) is 23.4 Å². The molecule has 5 aliphatic rings. The van der Waals surface area contributed by atoms with Crippen molar-refractivity contribution in [3.63, 3.8) is 0 Å². The van der Waals surface area contributed by atoms with Crippen LogP contribution < -0.4 is 15.4 Å². The van der Waals surface area contributed by atoms with Gasteiger partial charge in [-0.05, 0) is 65.1 Å². The maximum atomic E-state index is 13.6. The number of carbonyl (C=O) groups excluding carboxylic acids is 6. The predicted molar refractivity (Wildman–Crippen MR) is 199 cm³/mol. The molecule has 2 N–H and O–H groups in total. The molecular formula is C41H39ClN6O7. The van der Waals surface area contributed by atoms with Gasteiger partial charge < -0.3 is 15.0 Å². The summed E-state index contributed by atoms with van der Waals surface area (Å²) in [5, 5.41) is 5.79. The molecule has 1 saturated heterocycles. The van der Waals surface area contributed by atoms with Gasteiger partial charge in [-0.1, -0.05) is 51.4 Å². The lowest BCUT2D eigenvalue weighted by molar-refractivity contribution is -0.164. The largest absolute Gasteiger partial charge is 0.489 e. The zero-order valence-electron chi connectivity index (χ0n) is 30.8. The number of halogens is 1. The summed E-state index contributed by atoms with van der Waals surface area (Å²) in [7, 11) is 0. The molecule has 1 atom stereocenters. The summed E-state index contributed by atoms with van der Waals surface area (Å²) < 4.78 is 6.37. The number of ether oxygens (including phenoxy) is 1. The van der Waals surface area contributed by atoms with E-state index in [0.717, 1.165) is 27.2 Å². The Bertz CT molecular complexity index is 2240. The number of nitrogens with zero attached hydrogens (tertiary/aromatic N) is 4. The van der Waals surface area contributed by atoms with Crippen LogP contribution in [-0.2, 0) is 40.6 Å². The zero-order valence-corrected chi connectivity index (χ0v) is 31.6. The van der Waals surface area contributed by atoms with Gasteiger partial charge in [0.05, 0.1) is 29.3 Å². The predicted octanol–water partition coefficient (Wildman–Crippen LogP) is 4.76. The Balaban J connectivity index is 0.872. The summed E-state index contributed by atoms with van der Waals surface area (Å²) >= 11 is 6.25. The van der Waals surface area contributed by atoms with E-state index < -0.39 is 40.5 Å². The van der Waals surface area contributed by atoms with Gasteiger partial charge in [-0.2, -0.15) is 0 Å². The van der Waals surface area contributed by atoms with Gasteiger partial charge in [-0.15, -0.1) is 0 Å². The van der Waals surface area contributed by atoms with Gasteiger partial charge in [-0.3, -0.25) is 43.9 Å². The molecule has 0 radical (unpaired) electrons. The van der Waals surface area contributed by atoms with E-state index in [2.05, 4.69) is 43.2 Å². The van der Waals surface area contributed by atoms with E-state index in [1.807, 2.05) is 23.1 Å². The Morgan fingerprint density at radius 2 is 1.53 bits per heavy atom. The van der Waals surface area contributed by atoms with E-state index in [1.165, 1.54) is 0 Å². The third-order valence-electron chi connectivity index (χ3n) is 11.9. The third-order valence-corrected chi connectivity index (χ3v) is 12.2. The first-order valence-electron chi connectivity index (χ1n) is 18.2. The van der Waals surface area contributed by atoms with Gasteiger partial charge in [0.1, 0.15) is 17.9 Å². The van der Waals surface area contributed by atoms with Crippen LogP contribution in [-0.4, -0.2) is 74.9 Å². The van der Waals surface area contributed by atoms with Gasteiger partial charge >= 0.3 is 0 Å². The minimum Gasteiger partial charge on any atom is -0.489 e. The second-order valence-electron chi connectivity index (χ2n) is 16.3. The van der Waals surface area contributed by atoms with Crippen LogP contribution >= 0.6 is 11.6 Å². The maximum absolute atomic E-state index is 13.6. The first-order valence-corrected chi connectivity index (χ1v) is 18.6. The highest BCUT2D eigenvalue weighted by molar-refractivity contribution is 6.33. The Hall–Kier alpha value is -5.58. The number of piperidine rings is 1. The molecule has 1 saturated carbocycles. The molecule has 4 aliphatic heterocycles. The Labute approximate surface area is 322 Å². The zero-order chi connectivity index (χ0) is 39.1. The van der Waals surface area contributed by atoms with Gasteiger partial charge in [0, 0.05) is 55.0 Å². The number of fused-ring (bicyclic) bond motifs is 3. The Morgan fingerprint density at radius 1 is 0.891 bits per heavy atom. The quantitative estimate of drug-likeness (QED) is 0.259. The highest BCUT2D eigenvalue weighted by Gasteiger charge is 2.64. The lowest BCUT2D eigenvalue weighted by Crippen LogP contribution is -2.74. The van der Waals surface area contributed by atoms with Crippen LogP contribution in [0.15, 0.2) is 48.5 Å². The molecule has 0 bridgehead atoms. The van der Waals surface area contributed by atoms with Crippen LogP contribution in [0, 0.1) is 17.4 Å². The molecule has 1 unspecified atom stereocenters. The van der Waals surface area contributed by atoms with Crippen molar-refractivity contribution in [1.29, 1.82) is 0 Å². The van der Waals surface area contributed by atoms with E-state index in [-0.39, 0.29) is 67.6 Å². The van der Waals surface area contributed by atoms with Gasteiger partial charge in [0.25, 0.3) is 17.7 Å². The van der Waals surface area contributed by atoms with Crippen molar-refractivity contribution in [1.82, 2.24) is 25.3 Å². The smallest absolute Gasteiger partial charge is 0.262 e. The summed E-state index contributed by atoms with van der Waals surface area (Å²) in [5.41, 5.74) is 4.04. The number of rotatable bonds is 7. The van der Waals surface area contributed by atoms with Crippen LogP contribution in [0.4, 0.5) is 5.69 Å². The normalized spacial score (nSPS) is 23.4. The Morgan fingerprint density at radius 3 is 2.15 bits per heavy atom. The van der Waals surface area contributed by atoms with Crippen molar-refractivity contribution in [2.45, 2.75) is 84.9 Å². The molecule has 55 heavy (non-hydrogen) atoms. The molecule has 6 amide bonds. The summed E-state index contributed by atoms with van der Waals surface area (Å²) in [6.45, 7) is 17.3. The lowest BCUT2D eigenvalue weighted by Gasteiger charge is -2.63. The van der Waals surface area contributed by atoms with Crippen LogP contribution in [0.5, 0.6) is 5.75 Å². The number of benzene rings is 3. The minimum atomic E-state index is -1.04. The summed E-state index contributed by atoms with van der Waals surface area (Å²) in [6, 6.07) is 12.7. The number of hydrogen-bond acceptors (Lipinski definition) is 8.